The van der Waals surface area contributed by atoms with Crippen LogP contribution in [0.3, 0.4) is 0 Å². The van der Waals surface area contributed by atoms with Gasteiger partial charge in [0, 0.05) is 17.3 Å². The summed E-state index contributed by atoms with van der Waals surface area (Å²) in [5, 5.41) is 12.1. The Morgan fingerprint density at radius 2 is 1.73 bits per heavy atom. The van der Waals surface area contributed by atoms with Crippen LogP contribution in [0.1, 0.15) is 60.8 Å². The maximum Gasteiger partial charge on any atom is 0.272 e. The molecule has 5 heteroatoms. The maximum absolute atomic E-state index is 12.8. The second-order valence-corrected chi connectivity index (χ2v) is 9.49. The van der Waals surface area contributed by atoms with Crippen LogP contribution in [0, 0.1) is 5.41 Å². The molecule has 6 rings (SSSR count). The van der Waals surface area contributed by atoms with Crippen molar-refractivity contribution in [3.63, 3.8) is 0 Å². The molecule has 3 aromatic rings. The van der Waals surface area contributed by atoms with Gasteiger partial charge in [-0.15, -0.1) is 0 Å². The first-order valence-corrected chi connectivity index (χ1v) is 11.0. The standard InChI is InChI=1S/C25H25N3O2/c29-23(21-10-9-15-5-1-2-6-18(15)21)26-17-13-25(14-17)11-16(12-25)22-19-7-3-4-8-20(19)24(30)28-27-22/h1-8,16-17,21H,9-14H2,(H,26,29)(H,28,30)/t16-,17-,21?,25?. The molecule has 1 heterocycles. The van der Waals surface area contributed by atoms with Crippen LogP contribution in [0.4, 0.5) is 0 Å². The van der Waals surface area contributed by atoms with Gasteiger partial charge in [0.1, 0.15) is 0 Å². The van der Waals surface area contributed by atoms with E-state index in [9.17, 15) is 9.59 Å². The number of hydrogen-bond donors (Lipinski definition) is 2. The van der Waals surface area contributed by atoms with Gasteiger partial charge in [-0.05, 0) is 61.1 Å². The lowest BCUT2D eigenvalue weighted by Gasteiger charge is -2.57. The van der Waals surface area contributed by atoms with Crippen LogP contribution in [0.2, 0.25) is 0 Å². The number of nitrogens with zero attached hydrogens (tertiary/aromatic N) is 1. The van der Waals surface area contributed by atoms with Crippen molar-refractivity contribution < 1.29 is 4.79 Å². The van der Waals surface area contributed by atoms with Crippen LogP contribution < -0.4 is 10.9 Å². The van der Waals surface area contributed by atoms with Crippen molar-refractivity contribution in [2.45, 2.75) is 56.4 Å². The second kappa shape index (κ2) is 6.53. The summed E-state index contributed by atoms with van der Waals surface area (Å²) in [6.45, 7) is 0. The minimum absolute atomic E-state index is 0.0172. The highest BCUT2D eigenvalue weighted by atomic mass is 16.2. The van der Waals surface area contributed by atoms with Gasteiger partial charge in [0.05, 0.1) is 17.0 Å². The fraction of sp³-hybridized carbons (Fsp3) is 0.400. The van der Waals surface area contributed by atoms with Gasteiger partial charge < -0.3 is 5.32 Å². The molecule has 0 aliphatic heterocycles. The number of aromatic nitrogens is 2. The van der Waals surface area contributed by atoms with Crippen molar-refractivity contribution in [3.05, 3.63) is 75.7 Å². The quantitative estimate of drug-likeness (QED) is 0.704. The Morgan fingerprint density at radius 1 is 1.00 bits per heavy atom. The molecule has 2 fully saturated rings. The Balaban J connectivity index is 1.09. The molecule has 1 amide bonds. The summed E-state index contributed by atoms with van der Waals surface area (Å²) in [5.41, 5.74) is 3.78. The van der Waals surface area contributed by atoms with E-state index in [-0.39, 0.29) is 17.4 Å². The Labute approximate surface area is 174 Å². The molecule has 1 unspecified atom stereocenters. The van der Waals surface area contributed by atoms with E-state index in [1.807, 2.05) is 30.3 Å². The number of aromatic amines is 1. The number of rotatable bonds is 3. The van der Waals surface area contributed by atoms with E-state index in [2.05, 4.69) is 33.7 Å². The van der Waals surface area contributed by atoms with Crippen molar-refractivity contribution in [2.75, 3.05) is 0 Å². The Hall–Kier alpha value is -2.95. The smallest absolute Gasteiger partial charge is 0.272 e. The summed E-state index contributed by atoms with van der Waals surface area (Å²) < 4.78 is 0. The topological polar surface area (TPSA) is 74.8 Å². The van der Waals surface area contributed by atoms with Gasteiger partial charge in [-0.1, -0.05) is 42.5 Å². The van der Waals surface area contributed by atoms with Gasteiger partial charge in [0.15, 0.2) is 0 Å². The lowest BCUT2D eigenvalue weighted by molar-refractivity contribution is -0.126. The summed E-state index contributed by atoms with van der Waals surface area (Å²) in [6, 6.07) is 16.4. The molecule has 0 radical (unpaired) electrons. The van der Waals surface area contributed by atoms with Crippen molar-refractivity contribution in [1.29, 1.82) is 0 Å². The first kappa shape index (κ1) is 17.9. The highest BCUT2D eigenvalue weighted by Crippen LogP contribution is 2.62. The van der Waals surface area contributed by atoms with Gasteiger partial charge in [-0.2, -0.15) is 5.10 Å². The third-order valence-corrected chi connectivity index (χ3v) is 7.63. The van der Waals surface area contributed by atoms with E-state index in [4.69, 9.17) is 0 Å². The zero-order valence-corrected chi connectivity index (χ0v) is 16.9. The van der Waals surface area contributed by atoms with E-state index >= 15 is 0 Å². The Kier molecular flexibility index (Phi) is 3.89. The van der Waals surface area contributed by atoms with Gasteiger partial charge >= 0.3 is 0 Å². The average Bonchev–Trinajstić information content (AvgIpc) is 3.14. The summed E-state index contributed by atoms with van der Waals surface area (Å²) in [6.07, 6.45) is 6.24. The van der Waals surface area contributed by atoms with Crippen LogP contribution in [0.25, 0.3) is 10.8 Å². The highest BCUT2D eigenvalue weighted by Gasteiger charge is 2.54. The molecular weight excluding hydrogens is 374 g/mol. The van der Waals surface area contributed by atoms with E-state index < -0.39 is 0 Å². The average molecular weight is 399 g/mol. The fourth-order valence-corrected chi connectivity index (χ4v) is 6.18. The number of nitrogens with one attached hydrogen (secondary N) is 2. The third-order valence-electron chi connectivity index (χ3n) is 7.63. The zero-order valence-electron chi connectivity index (χ0n) is 16.9. The molecular formula is C25H25N3O2. The largest absolute Gasteiger partial charge is 0.353 e. The Morgan fingerprint density at radius 3 is 2.57 bits per heavy atom. The summed E-state index contributed by atoms with van der Waals surface area (Å²) in [7, 11) is 0. The van der Waals surface area contributed by atoms with Crippen LogP contribution in [0.5, 0.6) is 0 Å². The molecule has 1 spiro atoms. The fourth-order valence-electron chi connectivity index (χ4n) is 6.18. The van der Waals surface area contributed by atoms with Crippen LogP contribution >= 0.6 is 0 Å². The minimum atomic E-state index is -0.122. The van der Waals surface area contributed by atoms with Crippen molar-refractivity contribution in [1.82, 2.24) is 15.5 Å². The molecule has 30 heavy (non-hydrogen) atoms. The van der Waals surface area contributed by atoms with Crippen LogP contribution in [0.15, 0.2) is 53.3 Å². The maximum atomic E-state index is 12.8. The SMILES string of the molecule is O=C(N[C@H]1CC2(C1)C[C@H](c1n[nH]c(=O)c3ccccc31)C2)C1CCc2ccccc21. The summed E-state index contributed by atoms with van der Waals surface area (Å²) >= 11 is 0. The number of amides is 1. The molecule has 2 aromatic carbocycles. The molecule has 1 atom stereocenters. The highest BCUT2D eigenvalue weighted by molar-refractivity contribution is 5.85. The molecule has 2 N–H and O–H groups in total. The van der Waals surface area contributed by atoms with Crippen molar-refractivity contribution in [3.8, 4) is 0 Å². The number of hydrogen-bond acceptors (Lipinski definition) is 3. The van der Waals surface area contributed by atoms with Gasteiger partial charge in [0.25, 0.3) is 5.56 Å². The number of fused-ring (bicyclic) bond motifs is 2. The number of carbonyl (C=O) groups excluding carboxylic acids is 1. The monoisotopic (exact) mass is 399 g/mol. The molecule has 1 aromatic heterocycles. The van der Waals surface area contributed by atoms with Gasteiger partial charge in [-0.25, -0.2) is 5.10 Å². The Bertz CT molecular complexity index is 1200. The normalized spacial score (nSPS) is 29.3. The molecule has 3 aliphatic carbocycles. The predicted octanol–water partition coefficient (Wildman–Crippen LogP) is 3.80. The van der Waals surface area contributed by atoms with Crippen LogP contribution in [-0.4, -0.2) is 22.1 Å². The number of benzene rings is 2. The summed E-state index contributed by atoms with van der Waals surface area (Å²) in [4.78, 5) is 24.9. The molecule has 5 nitrogen and oxygen atoms in total. The second-order valence-electron chi connectivity index (χ2n) is 9.49. The van der Waals surface area contributed by atoms with E-state index in [0.717, 1.165) is 55.0 Å². The number of H-pyrrole nitrogens is 1. The van der Waals surface area contributed by atoms with Gasteiger partial charge in [0.2, 0.25) is 5.91 Å². The number of carbonyl (C=O) groups is 1. The predicted molar refractivity (Wildman–Crippen MR) is 115 cm³/mol. The third kappa shape index (κ3) is 2.72. The summed E-state index contributed by atoms with van der Waals surface area (Å²) in [5.74, 6) is 0.609. The minimum Gasteiger partial charge on any atom is -0.353 e. The first-order chi connectivity index (χ1) is 14.6. The molecule has 3 aliphatic rings. The molecule has 152 valence electrons. The van der Waals surface area contributed by atoms with Crippen LogP contribution in [-0.2, 0) is 11.2 Å². The lowest BCUT2D eigenvalue weighted by Crippen LogP contribution is -2.56. The van der Waals surface area contributed by atoms with Gasteiger partial charge in [-0.3, -0.25) is 9.59 Å². The molecule has 2 saturated carbocycles. The van der Waals surface area contributed by atoms with Crippen molar-refractivity contribution in [2.24, 2.45) is 5.41 Å². The number of aryl methyl sites for hydroxylation is 1. The molecule has 0 saturated heterocycles. The lowest BCUT2D eigenvalue weighted by atomic mass is 9.49. The zero-order chi connectivity index (χ0) is 20.3. The van der Waals surface area contributed by atoms with Crippen molar-refractivity contribution >= 4 is 16.7 Å². The van der Waals surface area contributed by atoms with E-state index in [1.54, 1.807) is 0 Å². The van der Waals surface area contributed by atoms with E-state index in [0.29, 0.717) is 17.4 Å². The molecule has 0 bridgehead atoms. The first-order valence-electron chi connectivity index (χ1n) is 11.0. The van der Waals surface area contributed by atoms with E-state index in [1.165, 1.54) is 11.1 Å².